The van der Waals surface area contributed by atoms with Gasteiger partial charge in [-0.3, -0.25) is 4.90 Å². The van der Waals surface area contributed by atoms with E-state index in [1.807, 2.05) is 18.2 Å². The second-order valence-corrected chi connectivity index (χ2v) is 9.40. The molecule has 0 aliphatic carbocycles. The molecule has 0 amide bonds. The van der Waals surface area contributed by atoms with Gasteiger partial charge in [-0.25, -0.2) is 0 Å². The maximum absolute atomic E-state index is 6.37. The van der Waals surface area contributed by atoms with Gasteiger partial charge in [-0.05, 0) is 60.7 Å². The molecule has 3 aromatic rings. The minimum Gasteiger partial charge on any atom is -0.369 e. The largest absolute Gasteiger partial charge is 0.369 e. The second-order valence-electron chi connectivity index (χ2n) is 8.96. The summed E-state index contributed by atoms with van der Waals surface area (Å²) in [6, 6.07) is 27.2. The molecule has 1 aliphatic rings. The van der Waals surface area contributed by atoms with Crippen molar-refractivity contribution < 1.29 is 4.74 Å². The molecule has 1 fully saturated rings. The van der Waals surface area contributed by atoms with Gasteiger partial charge in [-0.2, -0.15) is 0 Å². The van der Waals surface area contributed by atoms with Crippen molar-refractivity contribution in [2.75, 3.05) is 39.3 Å². The molecule has 1 saturated heterocycles. The molecule has 1 aliphatic heterocycles. The van der Waals surface area contributed by atoms with E-state index in [0.717, 1.165) is 62.9 Å². The maximum Gasteiger partial charge on any atom is 0.108 e. The van der Waals surface area contributed by atoms with Gasteiger partial charge in [-0.1, -0.05) is 78.3 Å². The van der Waals surface area contributed by atoms with Crippen LogP contribution in [0.15, 0.2) is 78.9 Å². The van der Waals surface area contributed by atoms with Crippen LogP contribution < -0.4 is 0 Å². The molecule has 4 rings (SSSR count). The summed E-state index contributed by atoms with van der Waals surface area (Å²) in [5.74, 6) is 0. The molecule has 0 aromatic heterocycles. The van der Waals surface area contributed by atoms with Crippen molar-refractivity contribution in [1.82, 2.24) is 9.80 Å². The number of ether oxygens (including phenoxy) is 1. The van der Waals surface area contributed by atoms with Crippen LogP contribution in [0.5, 0.6) is 0 Å². The fraction of sp³-hybridized carbons (Fsp3) is 0.379. The van der Waals surface area contributed by atoms with E-state index in [1.165, 1.54) is 23.1 Å². The molecular weight excluding hydrogens is 499 g/mol. The summed E-state index contributed by atoms with van der Waals surface area (Å²) >= 11 is 6.09. The van der Waals surface area contributed by atoms with Crippen molar-refractivity contribution in [2.24, 2.45) is 0 Å². The summed E-state index contributed by atoms with van der Waals surface area (Å²) < 4.78 is 6.37. The lowest BCUT2D eigenvalue weighted by molar-refractivity contribution is 0.0724. The van der Waals surface area contributed by atoms with Gasteiger partial charge in [0, 0.05) is 44.4 Å². The zero-order valence-electron chi connectivity index (χ0n) is 20.4. The summed E-state index contributed by atoms with van der Waals surface area (Å²) in [7, 11) is 0. The van der Waals surface area contributed by atoms with Crippen molar-refractivity contribution in [2.45, 2.75) is 32.4 Å². The third-order valence-electron chi connectivity index (χ3n) is 6.55. The Balaban J connectivity index is 0.00000216. The molecule has 0 N–H and O–H groups in total. The Morgan fingerprint density at radius 1 is 0.743 bits per heavy atom. The monoisotopic (exact) mass is 534 g/mol. The van der Waals surface area contributed by atoms with Crippen LogP contribution in [0, 0.1) is 6.92 Å². The Bertz CT molecular complexity index is 977. The summed E-state index contributed by atoms with van der Waals surface area (Å²) in [5, 5.41) is 0.754. The van der Waals surface area contributed by atoms with Crippen LogP contribution in [0.25, 0.3) is 0 Å². The number of halogens is 3. The maximum atomic E-state index is 6.37. The van der Waals surface area contributed by atoms with Crippen LogP contribution in [0.3, 0.4) is 0 Å². The van der Waals surface area contributed by atoms with Crippen LogP contribution in [0.1, 0.15) is 41.2 Å². The van der Waals surface area contributed by atoms with Gasteiger partial charge in [0.15, 0.2) is 0 Å². The van der Waals surface area contributed by atoms with E-state index in [1.54, 1.807) is 0 Å². The highest BCUT2D eigenvalue weighted by atomic mass is 35.5. The van der Waals surface area contributed by atoms with E-state index in [2.05, 4.69) is 77.4 Å². The quantitative estimate of drug-likeness (QED) is 0.255. The predicted molar refractivity (Wildman–Crippen MR) is 152 cm³/mol. The van der Waals surface area contributed by atoms with Crippen molar-refractivity contribution in [3.8, 4) is 0 Å². The van der Waals surface area contributed by atoms with Gasteiger partial charge in [0.2, 0.25) is 0 Å². The SMILES string of the molecule is Cc1ccccc1CN1CCN(CCCCOC(c2ccccc2)c2ccc(Cl)cc2)CC1.Cl.Cl. The first-order chi connectivity index (χ1) is 16.2. The molecule has 3 nitrogen and oxygen atoms in total. The summed E-state index contributed by atoms with van der Waals surface area (Å²) in [6.45, 7) is 9.81. The van der Waals surface area contributed by atoms with Gasteiger partial charge in [0.05, 0.1) is 0 Å². The van der Waals surface area contributed by atoms with E-state index < -0.39 is 0 Å². The Hall–Kier alpha value is -1.59. The first kappa shape index (κ1) is 29.6. The molecule has 0 saturated carbocycles. The zero-order valence-corrected chi connectivity index (χ0v) is 22.8. The first-order valence-corrected chi connectivity index (χ1v) is 12.5. The molecule has 0 bridgehead atoms. The fourth-order valence-corrected chi connectivity index (χ4v) is 4.61. The van der Waals surface area contributed by atoms with Crippen LogP contribution in [-0.4, -0.2) is 49.1 Å². The van der Waals surface area contributed by atoms with E-state index in [-0.39, 0.29) is 30.9 Å². The number of hydrogen-bond acceptors (Lipinski definition) is 3. The molecule has 190 valence electrons. The lowest BCUT2D eigenvalue weighted by atomic mass is 10.0. The number of rotatable bonds is 10. The van der Waals surface area contributed by atoms with Crippen LogP contribution >= 0.6 is 36.4 Å². The topological polar surface area (TPSA) is 15.7 Å². The van der Waals surface area contributed by atoms with Crippen LogP contribution in [0.2, 0.25) is 5.02 Å². The van der Waals surface area contributed by atoms with Crippen molar-refractivity contribution >= 4 is 36.4 Å². The number of piperazine rings is 1. The molecule has 0 spiro atoms. The number of benzene rings is 3. The predicted octanol–water partition coefficient (Wildman–Crippen LogP) is 7.20. The van der Waals surface area contributed by atoms with E-state index in [4.69, 9.17) is 16.3 Å². The average Bonchev–Trinajstić information content (AvgIpc) is 2.85. The standard InChI is InChI=1S/C29H35ClN2O.2ClH/c1-24-9-5-6-12-27(24)23-32-20-18-31(19-21-32)17-7-8-22-33-29(25-10-3-2-4-11-25)26-13-15-28(30)16-14-26;;/h2-6,9-16,29H,7-8,17-23H2,1H3;2*1H. The highest BCUT2D eigenvalue weighted by Gasteiger charge is 2.18. The molecule has 1 atom stereocenters. The van der Waals surface area contributed by atoms with Crippen molar-refractivity contribution in [1.29, 1.82) is 0 Å². The van der Waals surface area contributed by atoms with Gasteiger partial charge in [0.25, 0.3) is 0 Å². The fourth-order valence-electron chi connectivity index (χ4n) is 4.49. The molecule has 6 heteroatoms. The van der Waals surface area contributed by atoms with Gasteiger partial charge < -0.3 is 9.64 Å². The number of unbranched alkanes of at least 4 members (excludes halogenated alkanes) is 1. The third-order valence-corrected chi connectivity index (χ3v) is 6.80. The van der Waals surface area contributed by atoms with E-state index in [9.17, 15) is 0 Å². The van der Waals surface area contributed by atoms with Gasteiger partial charge in [-0.15, -0.1) is 24.8 Å². The lowest BCUT2D eigenvalue weighted by Crippen LogP contribution is -2.46. The van der Waals surface area contributed by atoms with Gasteiger partial charge >= 0.3 is 0 Å². The number of aryl methyl sites for hydroxylation is 1. The molecule has 1 unspecified atom stereocenters. The average molecular weight is 536 g/mol. The molecule has 35 heavy (non-hydrogen) atoms. The van der Waals surface area contributed by atoms with Crippen molar-refractivity contribution in [3.05, 3.63) is 106 Å². The highest BCUT2D eigenvalue weighted by molar-refractivity contribution is 6.30. The van der Waals surface area contributed by atoms with Crippen molar-refractivity contribution in [3.63, 3.8) is 0 Å². The lowest BCUT2D eigenvalue weighted by Gasteiger charge is -2.35. The summed E-state index contributed by atoms with van der Waals surface area (Å²) in [5.41, 5.74) is 5.18. The normalized spacial score (nSPS) is 15.1. The summed E-state index contributed by atoms with van der Waals surface area (Å²) in [4.78, 5) is 5.18. The Morgan fingerprint density at radius 3 is 2.03 bits per heavy atom. The Morgan fingerprint density at radius 2 is 1.34 bits per heavy atom. The summed E-state index contributed by atoms with van der Waals surface area (Å²) in [6.07, 6.45) is 2.19. The minimum atomic E-state index is -0.0477. The Kier molecular flexibility index (Phi) is 13.1. The van der Waals surface area contributed by atoms with Crippen LogP contribution in [-0.2, 0) is 11.3 Å². The smallest absolute Gasteiger partial charge is 0.108 e. The third kappa shape index (κ3) is 9.09. The van der Waals surface area contributed by atoms with E-state index in [0.29, 0.717) is 0 Å². The molecule has 3 aromatic carbocycles. The number of nitrogens with zero attached hydrogens (tertiary/aromatic N) is 2. The van der Waals surface area contributed by atoms with Gasteiger partial charge in [0.1, 0.15) is 6.10 Å². The van der Waals surface area contributed by atoms with Crippen LogP contribution in [0.4, 0.5) is 0 Å². The minimum absolute atomic E-state index is 0. The molecular formula is C29H37Cl3N2O. The zero-order chi connectivity index (χ0) is 22.9. The second kappa shape index (κ2) is 15.5. The molecule has 0 radical (unpaired) electrons. The van der Waals surface area contributed by atoms with E-state index >= 15 is 0 Å². The first-order valence-electron chi connectivity index (χ1n) is 12.1. The number of hydrogen-bond donors (Lipinski definition) is 0. The molecule has 1 heterocycles. The highest BCUT2D eigenvalue weighted by Crippen LogP contribution is 2.27. The Labute approximate surface area is 228 Å².